The van der Waals surface area contributed by atoms with E-state index in [0.717, 1.165) is 43.2 Å². The summed E-state index contributed by atoms with van der Waals surface area (Å²) >= 11 is 0. The number of urea groups is 1. The van der Waals surface area contributed by atoms with Gasteiger partial charge in [-0.15, -0.1) is 0 Å². The van der Waals surface area contributed by atoms with Crippen LogP contribution in [-0.4, -0.2) is 31.3 Å². The quantitative estimate of drug-likeness (QED) is 0.725. The lowest BCUT2D eigenvalue weighted by Crippen LogP contribution is -2.57. The standard InChI is InChI=1S/C20H34N2O2/c23-20(21-7-4-8-24-18-5-2-1-3-6-18)22-19-16-10-14-9-15(12-16)13-17(19)11-14/h14-19H,1-13H2,(H2,21,22,23). The van der Waals surface area contributed by atoms with Gasteiger partial charge in [0.1, 0.15) is 0 Å². The summed E-state index contributed by atoms with van der Waals surface area (Å²) in [5.41, 5.74) is 0. The molecule has 24 heavy (non-hydrogen) atoms. The zero-order valence-electron chi connectivity index (χ0n) is 15.0. The summed E-state index contributed by atoms with van der Waals surface area (Å²) in [6.45, 7) is 1.51. The second-order valence-electron chi connectivity index (χ2n) is 8.84. The van der Waals surface area contributed by atoms with Crippen LogP contribution in [-0.2, 0) is 4.74 Å². The molecule has 5 aliphatic carbocycles. The van der Waals surface area contributed by atoms with Gasteiger partial charge in [-0.1, -0.05) is 19.3 Å². The summed E-state index contributed by atoms with van der Waals surface area (Å²) in [6, 6.07) is 0.487. The Kier molecular flexibility index (Phi) is 5.31. The first-order valence-electron chi connectivity index (χ1n) is 10.4. The van der Waals surface area contributed by atoms with Crippen molar-refractivity contribution >= 4 is 6.03 Å². The SMILES string of the molecule is O=C(NCCCOC1CCCCC1)NC1C2CC3CC(C2)CC1C3. The molecule has 0 radical (unpaired) electrons. The first-order chi connectivity index (χ1) is 11.8. The van der Waals surface area contributed by atoms with E-state index in [9.17, 15) is 4.79 Å². The lowest BCUT2D eigenvalue weighted by molar-refractivity contribution is -0.00947. The molecule has 4 heteroatoms. The molecule has 5 saturated carbocycles. The van der Waals surface area contributed by atoms with E-state index in [-0.39, 0.29) is 6.03 Å². The van der Waals surface area contributed by atoms with Gasteiger partial charge in [0, 0.05) is 19.2 Å². The van der Waals surface area contributed by atoms with Gasteiger partial charge in [0.15, 0.2) is 0 Å². The average Bonchev–Trinajstić information content (AvgIpc) is 2.58. The Labute approximate surface area is 146 Å². The summed E-state index contributed by atoms with van der Waals surface area (Å²) < 4.78 is 5.92. The van der Waals surface area contributed by atoms with Gasteiger partial charge >= 0.3 is 6.03 Å². The summed E-state index contributed by atoms with van der Waals surface area (Å²) in [6.07, 6.45) is 14.7. The molecule has 136 valence electrons. The van der Waals surface area contributed by atoms with Crippen LogP contribution in [0, 0.1) is 23.7 Å². The molecule has 0 spiro atoms. The third kappa shape index (κ3) is 3.89. The number of hydrogen-bond acceptors (Lipinski definition) is 2. The topological polar surface area (TPSA) is 50.4 Å². The van der Waals surface area contributed by atoms with Crippen molar-refractivity contribution < 1.29 is 9.53 Å². The molecule has 5 aliphatic rings. The van der Waals surface area contributed by atoms with E-state index < -0.39 is 0 Å². The van der Waals surface area contributed by atoms with Crippen LogP contribution in [0.2, 0.25) is 0 Å². The Balaban J connectivity index is 1.11. The molecule has 0 aliphatic heterocycles. The molecule has 0 heterocycles. The molecule has 2 N–H and O–H groups in total. The monoisotopic (exact) mass is 334 g/mol. The van der Waals surface area contributed by atoms with Gasteiger partial charge in [0.25, 0.3) is 0 Å². The Morgan fingerprint density at radius 1 is 0.917 bits per heavy atom. The molecular weight excluding hydrogens is 300 g/mol. The predicted octanol–water partition coefficient (Wildman–Crippen LogP) is 3.85. The first-order valence-corrected chi connectivity index (χ1v) is 10.4. The normalized spacial score (nSPS) is 38.2. The maximum atomic E-state index is 12.2. The number of carbonyl (C=O) groups is 1. The summed E-state index contributed by atoms with van der Waals surface area (Å²) in [5.74, 6) is 3.43. The third-order valence-electron chi connectivity index (χ3n) is 7.04. The van der Waals surface area contributed by atoms with Crippen molar-refractivity contribution in [1.82, 2.24) is 10.6 Å². The zero-order chi connectivity index (χ0) is 16.4. The fourth-order valence-corrected chi connectivity index (χ4v) is 6.12. The number of nitrogens with one attached hydrogen (secondary N) is 2. The van der Waals surface area contributed by atoms with Crippen molar-refractivity contribution in [2.45, 2.75) is 82.8 Å². The number of hydrogen-bond donors (Lipinski definition) is 2. The van der Waals surface area contributed by atoms with Crippen LogP contribution in [0.5, 0.6) is 0 Å². The molecule has 0 atom stereocenters. The maximum Gasteiger partial charge on any atom is 0.315 e. The Bertz CT molecular complexity index is 405. The highest BCUT2D eigenvalue weighted by molar-refractivity contribution is 5.74. The fraction of sp³-hybridized carbons (Fsp3) is 0.950. The highest BCUT2D eigenvalue weighted by Crippen LogP contribution is 2.53. The molecule has 0 aromatic heterocycles. The number of carbonyl (C=O) groups excluding carboxylic acids is 1. The highest BCUT2D eigenvalue weighted by Gasteiger charge is 2.48. The van der Waals surface area contributed by atoms with E-state index in [1.165, 1.54) is 64.2 Å². The minimum Gasteiger partial charge on any atom is -0.378 e. The molecule has 0 aromatic rings. The van der Waals surface area contributed by atoms with E-state index in [1.54, 1.807) is 0 Å². The van der Waals surface area contributed by atoms with Crippen molar-refractivity contribution in [2.75, 3.05) is 13.2 Å². The van der Waals surface area contributed by atoms with Gasteiger partial charge in [-0.25, -0.2) is 4.79 Å². The van der Waals surface area contributed by atoms with Gasteiger partial charge in [-0.05, 0) is 75.0 Å². The molecular formula is C20H34N2O2. The van der Waals surface area contributed by atoms with Gasteiger partial charge in [-0.2, -0.15) is 0 Å². The molecule has 0 unspecified atom stereocenters. The van der Waals surface area contributed by atoms with Crippen LogP contribution >= 0.6 is 0 Å². The lowest BCUT2D eigenvalue weighted by Gasteiger charge is -2.54. The van der Waals surface area contributed by atoms with E-state index >= 15 is 0 Å². The minimum absolute atomic E-state index is 0.0464. The summed E-state index contributed by atoms with van der Waals surface area (Å²) in [7, 11) is 0. The Morgan fingerprint density at radius 3 is 2.25 bits per heavy atom. The second-order valence-corrected chi connectivity index (χ2v) is 8.84. The largest absolute Gasteiger partial charge is 0.378 e. The summed E-state index contributed by atoms with van der Waals surface area (Å²) in [4.78, 5) is 12.2. The average molecular weight is 335 g/mol. The smallest absolute Gasteiger partial charge is 0.315 e. The molecule has 0 aromatic carbocycles. The molecule has 0 saturated heterocycles. The number of amides is 2. The summed E-state index contributed by atoms with van der Waals surface area (Å²) in [5, 5.41) is 6.36. The fourth-order valence-electron chi connectivity index (χ4n) is 6.12. The van der Waals surface area contributed by atoms with Crippen LogP contribution in [0.4, 0.5) is 4.79 Å². The number of rotatable bonds is 6. The Hall–Kier alpha value is -0.770. The van der Waals surface area contributed by atoms with Gasteiger partial charge in [-0.3, -0.25) is 0 Å². The predicted molar refractivity (Wildman–Crippen MR) is 94.8 cm³/mol. The first kappa shape index (κ1) is 16.7. The Morgan fingerprint density at radius 2 is 1.58 bits per heavy atom. The second kappa shape index (κ2) is 7.63. The van der Waals surface area contributed by atoms with Crippen molar-refractivity contribution in [1.29, 1.82) is 0 Å². The molecule has 5 fully saturated rings. The lowest BCUT2D eigenvalue weighted by atomic mass is 9.54. The van der Waals surface area contributed by atoms with Crippen LogP contribution in [0.1, 0.15) is 70.6 Å². The highest BCUT2D eigenvalue weighted by atomic mass is 16.5. The van der Waals surface area contributed by atoms with Gasteiger partial charge in [0.2, 0.25) is 0 Å². The zero-order valence-corrected chi connectivity index (χ0v) is 15.0. The van der Waals surface area contributed by atoms with Crippen molar-refractivity contribution in [3.8, 4) is 0 Å². The molecule has 4 bridgehead atoms. The molecule has 5 rings (SSSR count). The van der Waals surface area contributed by atoms with Gasteiger partial charge < -0.3 is 15.4 Å². The van der Waals surface area contributed by atoms with Crippen LogP contribution < -0.4 is 10.6 Å². The van der Waals surface area contributed by atoms with E-state index in [4.69, 9.17) is 4.74 Å². The van der Waals surface area contributed by atoms with Crippen molar-refractivity contribution in [3.63, 3.8) is 0 Å². The van der Waals surface area contributed by atoms with Gasteiger partial charge in [0.05, 0.1) is 6.10 Å². The minimum atomic E-state index is 0.0464. The van der Waals surface area contributed by atoms with Crippen LogP contribution in [0.15, 0.2) is 0 Å². The van der Waals surface area contributed by atoms with Crippen LogP contribution in [0.3, 0.4) is 0 Å². The van der Waals surface area contributed by atoms with Crippen molar-refractivity contribution in [2.24, 2.45) is 23.7 Å². The molecule has 2 amide bonds. The van der Waals surface area contributed by atoms with Crippen molar-refractivity contribution in [3.05, 3.63) is 0 Å². The van der Waals surface area contributed by atoms with E-state index in [1.807, 2.05) is 0 Å². The maximum absolute atomic E-state index is 12.2. The third-order valence-corrected chi connectivity index (χ3v) is 7.04. The van der Waals surface area contributed by atoms with E-state index in [2.05, 4.69) is 10.6 Å². The van der Waals surface area contributed by atoms with E-state index in [0.29, 0.717) is 12.1 Å². The number of ether oxygens (including phenoxy) is 1. The molecule has 4 nitrogen and oxygen atoms in total. The van der Waals surface area contributed by atoms with Crippen LogP contribution in [0.25, 0.3) is 0 Å².